The van der Waals surface area contributed by atoms with Crippen molar-refractivity contribution in [3.8, 4) is 5.75 Å². The van der Waals surface area contributed by atoms with Crippen molar-refractivity contribution in [3.63, 3.8) is 0 Å². The second-order valence-electron chi connectivity index (χ2n) is 5.86. The van der Waals surface area contributed by atoms with Gasteiger partial charge in [0.05, 0.1) is 16.0 Å². The van der Waals surface area contributed by atoms with E-state index in [0.717, 1.165) is 6.21 Å². The van der Waals surface area contributed by atoms with Gasteiger partial charge in [0, 0.05) is 6.21 Å². The first-order valence-corrected chi connectivity index (χ1v) is 9.80. The lowest BCUT2D eigenvalue weighted by Crippen LogP contribution is -2.08. The highest BCUT2D eigenvalue weighted by atomic mass is 32.2. The zero-order chi connectivity index (χ0) is 20.9. The van der Waals surface area contributed by atoms with Crippen LogP contribution in [-0.4, -0.2) is 31.7 Å². The second kappa shape index (κ2) is 8.49. The van der Waals surface area contributed by atoms with Gasteiger partial charge in [0.1, 0.15) is 5.75 Å². The highest BCUT2D eigenvalue weighted by Gasteiger charge is 2.13. The number of carbonyl (C=O) groups is 2. The molecule has 29 heavy (non-hydrogen) atoms. The standard InChI is InChI=1S/C21H15NO6S/c23-20(24)16-10-12-19(13-11-16)29(26,27)22-14-15-6-8-17(9-7-15)21(25)28-18-4-2-1-3-5-18/h1-14H,(H,23,24)/b22-14+. The van der Waals surface area contributed by atoms with E-state index in [4.69, 9.17) is 9.84 Å². The van der Waals surface area contributed by atoms with Crippen molar-refractivity contribution >= 4 is 28.2 Å². The summed E-state index contributed by atoms with van der Waals surface area (Å²) in [5.41, 5.74) is 0.746. The van der Waals surface area contributed by atoms with Gasteiger partial charge in [-0.1, -0.05) is 30.3 Å². The molecule has 0 bridgehead atoms. The van der Waals surface area contributed by atoms with Gasteiger partial charge in [0.15, 0.2) is 0 Å². The van der Waals surface area contributed by atoms with Crippen LogP contribution in [0.3, 0.4) is 0 Å². The first kappa shape index (κ1) is 20.0. The number of hydrogen-bond donors (Lipinski definition) is 1. The molecular weight excluding hydrogens is 394 g/mol. The molecule has 0 radical (unpaired) electrons. The predicted octanol–water partition coefficient (Wildman–Crippen LogP) is 3.41. The highest BCUT2D eigenvalue weighted by molar-refractivity contribution is 7.90. The number of sulfonamides is 1. The average Bonchev–Trinajstić information content (AvgIpc) is 2.73. The second-order valence-corrected chi connectivity index (χ2v) is 7.50. The van der Waals surface area contributed by atoms with E-state index in [-0.39, 0.29) is 10.5 Å². The molecule has 8 heteroatoms. The third kappa shape index (κ3) is 5.14. The molecule has 3 aromatic rings. The molecule has 0 spiro atoms. The lowest BCUT2D eigenvalue weighted by atomic mass is 10.1. The fraction of sp³-hybridized carbons (Fsp3) is 0. The van der Waals surface area contributed by atoms with Crippen LogP contribution in [0.5, 0.6) is 5.75 Å². The molecule has 7 nitrogen and oxygen atoms in total. The van der Waals surface area contributed by atoms with E-state index in [1.54, 1.807) is 30.3 Å². The Kier molecular flexibility index (Phi) is 5.85. The van der Waals surface area contributed by atoms with Crippen molar-refractivity contribution in [1.82, 2.24) is 0 Å². The number of carboxylic acid groups (broad SMARTS) is 1. The van der Waals surface area contributed by atoms with Gasteiger partial charge in [-0.05, 0) is 54.1 Å². The molecule has 0 aliphatic rings. The summed E-state index contributed by atoms with van der Waals surface area (Å²) < 4.78 is 33.3. The summed E-state index contributed by atoms with van der Waals surface area (Å²) in [6.07, 6.45) is 1.15. The first-order chi connectivity index (χ1) is 13.8. The lowest BCUT2D eigenvalue weighted by molar-refractivity contribution is 0.0694. The van der Waals surface area contributed by atoms with Gasteiger partial charge in [-0.25, -0.2) is 9.59 Å². The summed E-state index contributed by atoms with van der Waals surface area (Å²) in [5, 5.41) is 8.86. The normalized spacial score (nSPS) is 11.3. The molecule has 0 amide bonds. The fourth-order valence-electron chi connectivity index (χ4n) is 2.32. The van der Waals surface area contributed by atoms with Gasteiger partial charge >= 0.3 is 11.9 Å². The van der Waals surface area contributed by atoms with Gasteiger partial charge in [-0.3, -0.25) is 0 Å². The Bertz CT molecular complexity index is 1150. The maximum atomic E-state index is 12.2. The van der Waals surface area contributed by atoms with E-state index < -0.39 is 22.0 Å². The van der Waals surface area contributed by atoms with Crippen LogP contribution in [0.2, 0.25) is 0 Å². The number of aromatic carboxylic acids is 1. The number of nitrogens with zero attached hydrogens (tertiary/aromatic N) is 1. The van der Waals surface area contributed by atoms with Crippen molar-refractivity contribution in [3.05, 3.63) is 95.6 Å². The van der Waals surface area contributed by atoms with Crippen LogP contribution in [0.25, 0.3) is 0 Å². The number of carbonyl (C=O) groups excluding carboxylic acids is 1. The van der Waals surface area contributed by atoms with E-state index in [1.165, 1.54) is 48.5 Å². The van der Waals surface area contributed by atoms with Crippen molar-refractivity contribution in [2.75, 3.05) is 0 Å². The smallest absolute Gasteiger partial charge is 0.343 e. The Balaban J connectivity index is 1.70. The maximum absolute atomic E-state index is 12.2. The Hall–Kier alpha value is -3.78. The average molecular weight is 409 g/mol. The van der Waals surface area contributed by atoms with E-state index in [9.17, 15) is 18.0 Å². The number of benzene rings is 3. The number of hydrogen-bond acceptors (Lipinski definition) is 5. The molecule has 3 aromatic carbocycles. The summed E-state index contributed by atoms with van der Waals surface area (Å²) in [6, 6.07) is 19.4. The minimum atomic E-state index is -3.98. The quantitative estimate of drug-likeness (QED) is 0.379. The molecule has 146 valence electrons. The maximum Gasteiger partial charge on any atom is 0.343 e. The molecule has 3 rings (SSSR count). The molecule has 0 fully saturated rings. The number of carboxylic acids is 1. The van der Waals surface area contributed by atoms with Gasteiger partial charge < -0.3 is 9.84 Å². The summed E-state index contributed by atoms with van der Waals surface area (Å²) in [4.78, 5) is 22.8. The van der Waals surface area contributed by atoms with E-state index in [2.05, 4.69) is 4.40 Å². The number of ether oxygens (including phenoxy) is 1. The molecule has 0 saturated carbocycles. The number of esters is 1. The Morgan fingerprint density at radius 1 is 0.828 bits per heavy atom. The van der Waals surface area contributed by atoms with Crippen LogP contribution in [-0.2, 0) is 10.0 Å². The highest BCUT2D eigenvalue weighted by Crippen LogP contribution is 2.15. The van der Waals surface area contributed by atoms with E-state index >= 15 is 0 Å². The van der Waals surface area contributed by atoms with Gasteiger partial charge in [-0.15, -0.1) is 0 Å². The third-order valence-electron chi connectivity index (χ3n) is 3.84. The first-order valence-electron chi connectivity index (χ1n) is 8.36. The summed E-state index contributed by atoms with van der Waals surface area (Å²) in [5.74, 6) is -1.27. The van der Waals surface area contributed by atoms with Crippen LogP contribution in [0.1, 0.15) is 26.3 Å². The molecular formula is C21H15NO6S. The largest absolute Gasteiger partial charge is 0.478 e. The van der Waals surface area contributed by atoms with Crippen LogP contribution < -0.4 is 4.74 Å². The molecule has 0 aromatic heterocycles. The zero-order valence-electron chi connectivity index (χ0n) is 14.9. The third-order valence-corrected chi connectivity index (χ3v) is 5.09. The molecule has 0 heterocycles. The predicted molar refractivity (Wildman–Crippen MR) is 106 cm³/mol. The Morgan fingerprint density at radius 2 is 1.41 bits per heavy atom. The molecule has 0 atom stereocenters. The number of rotatable bonds is 6. The molecule has 0 aliphatic carbocycles. The van der Waals surface area contributed by atoms with Crippen LogP contribution >= 0.6 is 0 Å². The molecule has 0 aliphatic heterocycles. The summed E-state index contributed by atoms with van der Waals surface area (Å²) in [7, 11) is -3.98. The van der Waals surface area contributed by atoms with Crippen molar-refractivity contribution in [1.29, 1.82) is 0 Å². The molecule has 0 saturated heterocycles. The lowest BCUT2D eigenvalue weighted by Gasteiger charge is -2.04. The summed E-state index contributed by atoms with van der Waals surface area (Å²) in [6.45, 7) is 0. The topological polar surface area (TPSA) is 110 Å². The molecule has 0 unspecified atom stereocenters. The number of para-hydroxylation sites is 1. The Labute approximate surface area is 167 Å². The van der Waals surface area contributed by atoms with E-state index in [1.807, 2.05) is 0 Å². The van der Waals surface area contributed by atoms with Crippen molar-refractivity contribution in [2.45, 2.75) is 4.90 Å². The van der Waals surface area contributed by atoms with Gasteiger partial charge in [-0.2, -0.15) is 12.8 Å². The zero-order valence-corrected chi connectivity index (χ0v) is 15.7. The SMILES string of the molecule is O=C(O)c1ccc(S(=O)(=O)/N=C/c2ccc(C(=O)Oc3ccccc3)cc2)cc1. The van der Waals surface area contributed by atoms with Crippen LogP contribution in [0, 0.1) is 0 Å². The van der Waals surface area contributed by atoms with Crippen molar-refractivity contribution < 1.29 is 27.9 Å². The van der Waals surface area contributed by atoms with Gasteiger partial charge in [0.25, 0.3) is 10.0 Å². The minimum Gasteiger partial charge on any atom is -0.478 e. The fourth-order valence-corrected chi connectivity index (χ4v) is 3.18. The van der Waals surface area contributed by atoms with Crippen LogP contribution in [0.4, 0.5) is 0 Å². The minimum absolute atomic E-state index is 0.0223. The van der Waals surface area contributed by atoms with Crippen LogP contribution in [0.15, 0.2) is 88.2 Å². The Morgan fingerprint density at radius 3 is 2.00 bits per heavy atom. The summed E-state index contributed by atoms with van der Waals surface area (Å²) >= 11 is 0. The van der Waals surface area contributed by atoms with Crippen molar-refractivity contribution in [2.24, 2.45) is 4.40 Å². The monoisotopic (exact) mass is 409 g/mol. The van der Waals surface area contributed by atoms with Gasteiger partial charge in [0.2, 0.25) is 0 Å². The van der Waals surface area contributed by atoms with E-state index in [0.29, 0.717) is 16.9 Å². The molecule has 1 N–H and O–H groups in total.